The maximum Gasteiger partial charge on any atom is 0.223 e. The number of hydrogen-bond acceptors (Lipinski definition) is 2. The molecule has 20 heavy (non-hydrogen) atoms. The minimum absolute atomic E-state index is 0.121. The molecule has 2 aliphatic rings. The fraction of sp³-hybridized carbons (Fsp3) is 0.941. The summed E-state index contributed by atoms with van der Waals surface area (Å²) >= 11 is 0. The van der Waals surface area contributed by atoms with E-state index in [1.165, 1.54) is 44.9 Å². The molecule has 1 heterocycles. The van der Waals surface area contributed by atoms with Crippen LogP contribution < -0.4 is 5.73 Å². The fourth-order valence-electron chi connectivity index (χ4n) is 4.07. The Hall–Kier alpha value is -0.570. The maximum atomic E-state index is 12.6. The number of nitrogens with two attached hydrogens (primary N) is 1. The van der Waals surface area contributed by atoms with Crippen LogP contribution in [0.4, 0.5) is 0 Å². The van der Waals surface area contributed by atoms with E-state index in [0.29, 0.717) is 18.9 Å². The molecule has 1 aliphatic carbocycles. The van der Waals surface area contributed by atoms with E-state index in [-0.39, 0.29) is 5.41 Å². The van der Waals surface area contributed by atoms with E-state index < -0.39 is 0 Å². The maximum absolute atomic E-state index is 12.6. The van der Waals surface area contributed by atoms with Gasteiger partial charge >= 0.3 is 0 Å². The van der Waals surface area contributed by atoms with Crippen molar-refractivity contribution in [2.75, 3.05) is 19.6 Å². The lowest BCUT2D eigenvalue weighted by atomic mass is 9.71. The van der Waals surface area contributed by atoms with E-state index in [9.17, 15) is 4.79 Å². The molecule has 2 N–H and O–H groups in total. The number of nitrogens with zero attached hydrogens (tertiary/aromatic N) is 1. The summed E-state index contributed by atoms with van der Waals surface area (Å²) in [6.07, 6.45) is 11.8. The van der Waals surface area contributed by atoms with E-state index in [2.05, 4.69) is 11.8 Å². The molecular weight excluding hydrogens is 248 g/mol. The Morgan fingerprint density at radius 3 is 2.40 bits per heavy atom. The Kier molecular flexibility index (Phi) is 5.88. The van der Waals surface area contributed by atoms with Gasteiger partial charge in [-0.25, -0.2) is 0 Å². The second-order valence-electron chi connectivity index (χ2n) is 7.05. The van der Waals surface area contributed by atoms with Crippen molar-refractivity contribution < 1.29 is 4.79 Å². The average molecular weight is 280 g/mol. The molecule has 0 atom stereocenters. The van der Waals surface area contributed by atoms with E-state index in [1.54, 1.807) is 0 Å². The predicted octanol–water partition coefficient (Wildman–Crippen LogP) is 3.32. The molecule has 1 saturated carbocycles. The van der Waals surface area contributed by atoms with Crippen LogP contribution in [0.3, 0.4) is 0 Å². The third-order valence-corrected chi connectivity index (χ3v) is 5.54. The van der Waals surface area contributed by atoms with Crippen LogP contribution in [-0.2, 0) is 4.79 Å². The van der Waals surface area contributed by atoms with Gasteiger partial charge in [0, 0.05) is 19.5 Å². The molecule has 0 radical (unpaired) electrons. The van der Waals surface area contributed by atoms with Crippen molar-refractivity contribution in [2.45, 2.75) is 71.1 Å². The largest absolute Gasteiger partial charge is 0.343 e. The van der Waals surface area contributed by atoms with Crippen molar-refractivity contribution in [3.63, 3.8) is 0 Å². The fourth-order valence-corrected chi connectivity index (χ4v) is 4.07. The molecule has 0 aromatic carbocycles. The Labute approximate surface area is 124 Å². The molecule has 0 unspecified atom stereocenters. The summed E-state index contributed by atoms with van der Waals surface area (Å²) in [6, 6.07) is 0. The molecule has 0 aromatic rings. The monoisotopic (exact) mass is 280 g/mol. The molecule has 3 nitrogen and oxygen atoms in total. The van der Waals surface area contributed by atoms with Crippen molar-refractivity contribution in [1.29, 1.82) is 0 Å². The van der Waals surface area contributed by atoms with Crippen molar-refractivity contribution in [3.8, 4) is 0 Å². The zero-order valence-electron chi connectivity index (χ0n) is 13.2. The highest BCUT2D eigenvalue weighted by molar-refractivity contribution is 5.77. The number of amides is 1. The predicted molar refractivity (Wildman–Crippen MR) is 83.4 cm³/mol. The van der Waals surface area contributed by atoms with Crippen LogP contribution >= 0.6 is 0 Å². The van der Waals surface area contributed by atoms with E-state index >= 15 is 0 Å². The second-order valence-corrected chi connectivity index (χ2v) is 7.05. The normalized spacial score (nSPS) is 23.8. The third kappa shape index (κ3) is 3.97. The Bertz CT molecular complexity index is 302. The average Bonchev–Trinajstić information content (AvgIpc) is 2.49. The summed E-state index contributed by atoms with van der Waals surface area (Å²) in [5.74, 6) is 1.22. The molecule has 2 rings (SSSR count). The topological polar surface area (TPSA) is 46.3 Å². The first-order valence-electron chi connectivity index (χ1n) is 8.67. The Morgan fingerprint density at radius 2 is 1.85 bits per heavy atom. The lowest BCUT2D eigenvalue weighted by Crippen LogP contribution is -2.43. The van der Waals surface area contributed by atoms with Gasteiger partial charge in [0.1, 0.15) is 0 Å². The van der Waals surface area contributed by atoms with E-state index in [1.807, 2.05) is 0 Å². The van der Waals surface area contributed by atoms with Crippen LogP contribution in [0.1, 0.15) is 71.1 Å². The SMILES string of the molecule is CCCC1CCN(C(=O)CC2(CN)CCCCC2)CC1. The van der Waals surface area contributed by atoms with Gasteiger partial charge in [0.2, 0.25) is 5.91 Å². The zero-order valence-corrected chi connectivity index (χ0v) is 13.2. The number of likely N-dealkylation sites (tertiary alicyclic amines) is 1. The minimum Gasteiger partial charge on any atom is -0.343 e. The summed E-state index contributed by atoms with van der Waals surface area (Å²) in [7, 11) is 0. The molecule has 0 aromatic heterocycles. The van der Waals surface area contributed by atoms with Gasteiger partial charge in [0.15, 0.2) is 0 Å². The van der Waals surface area contributed by atoms with Crippen LogP contribution in [0.15, 0.2) is 0 Å². The van der Waals surface area contributed by atoms with Crippen LogP contribution in [0.5, 0.6) is 0 Å². The van der Waals surface area contributed by atoms with Crippen molar-refractivity contribution >= 4 is 5.91 Å². The highest BCUT2D eigenvalue weighted by atomic mass is 16.2. The van der Waals surface area contributed by atoms with Crippen molar-refractivity contribution in [3.05, 3.63) is 0 Å². The van der Waals surface area contributed by atoms with Gasteiger partial charge in [0.05, 0.1) is 0 Å². The highest BCUT2D eigenvalue weighted by Crippen LogP contribution is 2.39. The van der Waals surface area contributed by atoms with Crippen LogP contribution in [0.2, 0.25) is 0 Å². The first-order valence-corrected chi connectivity index (χ1v) is 8.67. The Balaban J connectivity index is 1.82. The summed E-state index contributed by atoms with van der Waals surface area (Å²) < 4.78 is 0. The smallest absolute Gasteiger partial charge is 0.223 e. The summed E-state index contributed by atoms with van der Waals surface area (Å²) in [5.41, 5.74) is 6.13. The number of hydrogen-bond donors (Lipinski definition) is 1. The van der Waals surface area contributed by atoms with Crippen molar-refractivity contribution in [1.82, 2.24) is 4.90 Å². The number of piperidine rings is 1. The lowest BCUT2D eigenvalue weighted by Gasteiger charge is -2.39. The molecule has 1 amide bonds. The minimum atomic E-state index is 0.121. The molecule has 1 saturated heterocycles. The Morgan fingerprint density at radius 1 is 1.20 bits per heavy atom. The van der Waals surface area contributed by atoms with Gasteiger partial charge in [-0.1, -0.05) is 39.0 Å². The second kappa shape index (κ2) is 7.44. The van der Waals surface area contributed by atoms with Gasteiger partial charge in [0.25, 0.3) is 0 Å². The zero-order chi connectivity index (χ0) is 14.4. The van der Waals surface area contributed by atoms with Gasteiger partial charge in [-0.15, -0.1) is 0 Å². The van der Waals surface area contributed by atoms with Crippen LogP contribution in [-0.4, -0.2) is 30.4 Å². The van der Waals surface area contributed by atoms with Crippen molar-refractivity contribution in [2.24, 2.45) is 17.1 Å². The molecule has 116 valence electrons. The molecule has 1 aliphatic heterocycles. The number of carbonyl (C=O) groups is 1. The summed E-state index contributed by atoms with van der Waals surface area (Å²) in [5, 5.41) is 0. The molecule has 0 bridgehead atoms. The molecular formula is C17H32N2O. The number of rotatable bonds is 5. The number of carbonyl (C=O) groups excluding carboxylic acids is 1. The van der Waals surface area contributed by atoms with Gasteiger partial charge in [-0.3, -0.25) is 4.79 Å². The van der Waals surface area contributed by atoms with Gasteiger partial charge in [-0.05, 0) is 43.6 Å². The first kappa shape index (κ1) is 15.8. The molecule has 3 heteroatoms. The quantitative estimate of drug-likeness (QED) is 0.839. The summed E-state index contributed by atoms with van der Waals surface area (Å²) in [6.45, 7) is 4.89. The highest BCUT2D eigenvalue weighted by Gasteiger charge is 2.35. The van der Waals surface area contributed by atoms with Crippen LogP contribution in [0.25, 0.3) is 0 Å². The summed E-state index contributed by atoms with van der Waals surface area (Å²) in [4.78, 5) is 14.7. The molecule has 0 spiro atoms. The third-order valence-electron chi connectivity index (χ3n) is 5.54. The van der Waals surface area contributed by atoms with Crippen LogP contribution in [0, 0.1) is 11.3 Å². The van der Waals surface area contributed by atoms with E-state index in [0.717, 1.165) is 31.8 Å². The lowest BCUT2D eigenvalue weighted by molar-refractivity contribution is -0.135. The van der Waals surface area contributed by atoms with Gasteiger partial charge in [-0.2, -0.15) is 0 Å². The standard InChI is InChI=1S/C17H32N2O/c1-2-6-15-7-11-19(12-8-15)16(20)13-17(14-18)9-4-3-5-10-17/h15H,2-14,18H2,1H3. The molecule has 2 fully saturated rings. The first-order chi connectivity index (χ1) is 9.69. The van der Waals surface area contributed by atoms with Gasteiger partial charge < -0.3 is 10.6 Å². The van der Waals surface area contributed by atoms with E-state index in [4.69, 9.17) is 5.73 Å².